The number of thioether (sulfide) groups is 1. The Morgan fingerprint density at radius 3 is 2.58 bits per heavy atom. The number of amides is 3. The van der Waals surface area contributed by atoms with Gasteiger partial charge >= 0.3 is 6.03 Å². The number of urea groups is 1. The number of nitrogens with zero attached hydrogens (tertiary/aromatic N) is 2. The number of primary amides is 1. The number of thiophene rings is 1. The lowest BCUT2D eigenvalue weighted by atomic mass is 10.1. The van der Waals surface area contributed by atoms with Gasteiger partial charge in [0.15, 0.2) is 5.16 Å². The van der Waals surface area contributed by atoms with Crippen molar-refractivity contribution in [2.75, 3.05) is 0 Å². The van der Waals surface area contributed by atoms with Gasteiger partial charge in [-0.2, -0.15) is 0 Å². The monoisotopic (exact) mass is 456 g/mol. The highest BCUT2D eigenvalue weighted by atomic mass is 32.2. The normalized spacial score (nSPS) is 14.1. The molecule has 0 radical (unpaired) electrons. The highest BCUT2D eigenvalue weighted by Gasteiger charge is 2.29. The molecule has 2 heterocycles. The third kappa shape index (κ3) is 4.12. The van der Waals surface area contributed by atoms with Gasteiger partial charge in [0.05, 0.1) is 16.3 Å². The second-order valence-electron chi connectivity index (χ2n) is 8.04. The second-order valence-corrected chi connectivity index (χ2v) is 10.2. The van der Waals surface area contributed by atoms with Crippen LogP contribution in [0.5, 0.6) is 0 Å². The number of aromatic nitrogens is 2. The average Bonchev–Trinajstić information content (AvgIpc) is 3.27. The number of carbonyl (C=O) groups excluding carboxylic acids is 2. The predicted molar refractivity (Wildman–Crippen MR) is 124 cm³/mol. The number of aryl methyl sites for hydroxylation is 3. The molecular weight excluding hydrogens is 432 g/mol. The van der Waals surface area contributed by atoms with E-state index in [9.17, 15) is 14.4 Å². The molecule has 0 fully saturated rings. The van der Waals surface area contributed by atoms with Crippen LogP contribution >= 0.6 is 23.1 Å². The van der Waals surface area contributed by atoms with Gasteiger partial charge in [-0.25, -0.2) is 9.78 Å². The van der Waals surface area contributed by atoms with Crippen molar-refractivity contribution in [3.63, 3.8) is 0 Å². The minimum absolute atomic E-state index is 0.114. The zero-order chi connectivity index (χ0) is 22.3. The Bertz CT molecular complexity index is 1230. The highest BCUT2D eigenvalue weighted by molar-refractivity contribution is 8.00. The number of rotatable bonds is 5. The molecule has 0 spiro atoms. The smallest absolute Gasteiger partial charge is 0.318 e. The van der Waals surface area contributed by atoms with Crippen LogP contribution in [0.15, 0.2) is 34.2 Å². The number of fused-ring (bicyclic) bond motifs is 3. The Balaban J connectivity index is 1.89. The Morgan fingerprint density at radius 1 is 1.23 bits per heavy atom. The number of nitrogens with two attached hydrogens (primary N) is 1. The fourth-order valence-corrected chi connectivity index (χ4v) is 6.24. The van der Waals surface area contributed by atoms with E-state index in [0.29, 0.717) is 21.1 Å². The Hall–Kier alpha value is -2.65. The van der Waals surface area contributed by atoms with E-state index in [4.69, 9.17) is 10.7 Å². The van der Waals surface area contributed by atoms with Crippen molar-refractivity contribution in [1.29, 1.82) is 0 Å². The Kier molecular flexibility index (Phi) is 5.90. The lowest BCUT2D eigenvalue weighted by molar-refractivity contribution is -0.120. The number of imide groups is 1. The minimum Gasteiger partial charge on any atom is -0.351 e. The molecule has 31 heavy (non-hydrogen) atoms. The first-order valence-electron chi connectivity index (χ1n) is 10.2. The topological polar surface area (TPSA) is 107 Å². The molecule has 1 unspecified atom stereocenters. The summed E-state index contributed by atoms with van der Waals surface area (Å²) < 4.78 is 1.59. The maximum Gasteiger partial charge on any atom is 0.318 e. The van der Waals surface area contributed by atoms with Crippen LogP contribution in [0.1, 0.15) is 36.3 Å². The van der Waals surface area contributed by atoms with E-state index >= 15 is 0 Å². The summed E-state index contributed by atoms with van der Waals surface area (Å²) >= 11 is 2.74. The van der Waals surface area contributed by atoms with Crippen molar-refractivity contribution in [2.45, 2.75) is 50.4 Å². The molecule has 162 valence electrons. The molecule has 2 aromatic heterocycles. The molecule has 3 amide bonds. The maximum atomic E-state index is 13.7. The molecule has 1 aliphatic carbocycles. The molecule has 9 heteroatoms. The predicted octanol–water partition coefficient (Wildman–Crippen LogP) is 3.56. The minimum atomic E-state index is -0.898. The highest BCUT2D eigenvalue weighted by Crippen LogP contribution is 2.37. The van der Waals surface area contributed by atoms with Gasteiger partial charge in [0.2, 0.25) is 5.91 Å². The van der Waals surface area contributed by atoms with Gasteiger partial charge < -0.3 is 5.73 Å². The fourth-order valence-electron chi connectivity index (χ4n) is 3.82. The molecule has 0 aliphatic heterocycles. The van der Waals surface area contributed by atoms with Gasteiger partial charge in [-0.1, -0.05) is 43.3 Å². The third-order valence-electron chi connectivity index (χ3n) is 5.34. The summed E-state index contributed by atoms with van der Waals surface area (Å²) in [4.78, 5) is 44.3. The lowest BCUT2D eigenvalue weighted by Crippen LogP contribution is -2.42. The van der Waals surface area contributed by atoms with Crippen LogP contribution in [0.3, 0.4) is 0 Å². The summed E-state index contributed by atoms with van der Waals surface area (Å²) in [6, 6.07) is 6.75. The van der Waals surface area contributed by atoms with Gasteiger partial charge in [0.1, 0.15) is 4.83 Å². The molecule has 0 saturated heterocycles. The Labute approximate surface area is 188 Å². The zero-order valence-corrected chi connectivity index (χ0v) is 19.2. The van der Waals surface area contributed by atoms with E-state index in [1.807, 2.05) is 45.0 Å². The molecule has 7 nitrogen and oxygen atoms in total. The lowest BCUT2D eigenvalue weighted by Gasteiger charge is -2.20. The van der Waals surface area contributed by atoms with E-state index < -0.39 is 17.2 Å². The molecule has 0 bridgehead atoms. The van der Waals surface area contributed by atoms with Crippen LogP contribution in [0, 0.1) is 12.8 Å². The number of nitrogens with one attached hydrogen (secondary N) is 1. The van der Waals surface area contributed by atoms with Gasteiger partial charge in [0, 0.05) is 4.88 Å². The van der Waals surface area contributed by atoms with Crippen molar-refractivity contribution in [3.8, 4) is 5.69 Å². The molecule has 3 N–H and O–H groups in total. The van der Waals surface area contributed by atoms with E-state index in [2.05, 4.69) is 5.32 Å². The van der Waals surface area contributed by atoms with Crippen molar-refractivity contribution in [2.24, 2.45) is 11.7 Å². The Morgan fingerprint density at radius 2 is 1.94 bits per heavy atom. The van der Waals surface area contributed by atoms with Gasteiger partial charge in [-0.15, -0.1) is 11.3 Å². The summed E-state index contributed by atoms with van der Waals surface area (Å²) in [5.41, 5.74) is 7.92. The molecule has 1 aliphatic rings. The van der Waals surface area contributed by atoms with E-state index in [-0.39, 0.29) is 11.5 Å². The first-order chi connectivity index (χ1) is 14.8. The van der Waals surface area contributed by atoms with E-state index in [1.165, 1.54) is 16.6 Å². The van der Waals surface area contributed by atoms with Crippen molar-refractivity contribution in [3.05, 3.63) is 50.6 Å². The summed E-state index contributed by atoms with van der Waals surface area (Å²) in [7, 11) is 0. The van der Waals surface area contributed by atoms with Gasteiger partial charge in [0.25, 0.3) is 5.56 Å². The van der Waals surface area contributed by atoms with Gasteiger partial charge in [-0.05, 0) is 49.8 Å². The summed E-state index contributed by atoms with van der Waals surface area (Å²) in [6.45, 7) is 5.74. The SMILES string of the molecule is Cc1ccc(-n2c(SC(C(=O)NC(N)=O)C(C)C)nc3sc4c(c3c2=O)CCC4)cc1. The van der Waals surface area contributed by atoms with E-state index in [0.717, 1.165) is 30.4 Å². The fraction of sp³-hybridized carbons (Fsp3) is 0.364. The summed E-state index contributed by atoms with van der Waals surface area (Å²) in [5.74, 6) is -0.609. The molecule has 1 atom stereocenters. The number of carbonyl (C=O) groups is 2. The maximum absolute atomic E-state index is 13.7. The molecule has 3 aromatic rings. The molecular formula is C22H24N4O3S2. The largest absolute Gasteiger partial charge is 0.351 e. The van der Waals surface area contributed by atoms with Crippen LogP contribution < -0.4 is 16.6 Å². The third-order valence-corrected chi connectivity index (χ3v) is 8.03. The molecule has 4 rings (SSSR count). The van der Waals surface area contributed by atoms with Crippen LogP contribution in [-0.2, 0) is 17.6 Å². The standard InChI is InChI=1S/C22H24N4O3S2/c1-11(2)17(18(27)24-21(23)29)31-22-25-19-16(14-5-4-6-15(14)30-19)20(28)26(22)13-9-7-12(3)8-10-13/h7-11,17H,4-6H2,1-3H3,(H3,23,24,27,29). The quantitative estimate of drug-likeness (QED) is 0.451. The molecule has 0 saturated carbocycles. The van der Waals surface area contributed by atoms with Crippen LogP contribution in [0.2, 0.25) is 0 Å². The summed E-state index contributed by atoms with van der Waals surface area (Å²) in [6.07, 6.45) is 2.92. The van der Waals surface area contributed by atoms with Gasteiger partial charge in [-0.3, -0.25) is 19.5 Å². The van der Waals surface area contributed by atoms with Crippen LogP contribution in [0.4, 0.5) is 4.79 Å². The van der Waals surface area contributed by atoms with E-state index in [1.54, 1.807) is 15.9 Å². The zero-order valence-electron chi connectivity index (χ0n) is 17.6. The van der Waals surface area contributed by atoms with Crippen LogP contribution in [0.25, 0.3) is 15.9 Å². The number of benzene rings is 1. The number of hydrogen-bond acceptors (Lipinski definition) is 6. The first-order valence-corrected chi connectivity index (χ1v) is 11.9. The average molecular weight is 457 g/mol. The summed E-state index contributed by atoms with van der Waals surface area (Å²) in [5, 5.41) is 2.64. The second kappa shape index (κ2) is 8.47. The van der Waals surface area contributed by atoms with Crippen LogP contribution in [-0.4, -0.2) is 26.7 Å². The van der Waals surface area contributed by atoms with Crippen molar-refractivity contribution in [1.82, 2.24) is 14.9 Å². The van der Waals surface area contributed by atoms with Crippen molar-refractivity contribution >= 4 is 45.3 Å². The van der Waals surface area contributed by atoms with Crippen molar-refractivity contribution < 1.29 is 9.59 Å². The first kappa shape index (κ1) is 21.6. The number of hydrogen-bond donors (Lipinski definition) is 2. The molecule has 1 aromatic carbocycles.